The van der Waals surface area contributed by atoms with Crippen molar-refractivity contribution in [3.8, 4) is 5.75 Å². The van der Waals surface area contributed by atoms with Gasteiger partial charge in [-0.25, -0.2) is 4.39 Å². The van der Waals surface area contributed by atoms with Crippen LogP contribution in [0.3, 0.4) is 0 Å². The molecule has 0 aliphatic carbocycles. The van der Waals surface area contributed by atoms with Gasteiger partial charge in [0.2, 0.25) is 0 Å². The lowest BCUT2D eigenvalue weighted by Crippen LogP contribution is -2.02. The summed E-state index contributed by atoms with van der Waals surface area (Å²) in [5, 5.41) is 1.96. The number of thiophene rings is 1. The second-order valence-corrected chi connectivity index (χ2v) is 5.23. The molecule has 19 heavy (non-hydrogen) atoms. The summed E-state index contributed by atoms with van der Waals surface area (Å²) < 4.78 is 18.8. The average Bonchev–Trinajstić information content (AvgIpc) is 2.86. The largest absolute Gasteiger partial charge is 0.492 e. The Morgan fingerprint density at radius 3 is 3.00 bits per heavy atom. The van der Waals surface area contributed by atoms with Crippen molar-refractivity contribution in [2.45, 2.75) is 6.42 Å². The Balaban J connectivity index is 2.04. The first-order valence-corrected chi connectivity index (χ1v) is 6.83. The van der Waals surface area contributed by atoms with Crippen LogP contribution in [0, 0.1) is 5.82 Å². The van der Waals surface area contributed by atoms with Gasteiger partial charge in [-0.3, -0.25) is 4.79 Å². The van der Waals surface area contributed by atoms with Crippen molar-refractivity contribution in [2.75, 3.05) is 6.61 Å². The number of Topliss-reactive ketones (excluding diaryl/α,β-unsaturated/α-hetero) is 1. The number of carbonyl (C=O) groups is 1. The van der Waals surface area contributed by atoms with Gasteiger partial charge in [0.05, 0.1) is 12.2 Å². The van der Waals surface area contributed by atoms with Crippen LogP contribution in [0.25, 0.3) is 6.08 Å². The van der Waals surface area contributed by atoms with Crippen LogP contribution >= 0.6 is 11.3 Å². The summed E-state index contributed by atoms with van der Waals surface area (Å²) in [5.41, 5.74) is 0.965. The van der Waals surface area contributed by atoms with Gasteiger partial charge >= 0.3 is 0 Å². The van der Waals surface area contributed by atoms with E-state index in [4.69, 9.17) is 4.74 Å². The van der Waals surface area contributed by atoms with Crippen LogP contribution < -0.4 is 4.74 Å². The highest BCUT2D eigenvalue weighted by atomic mass is 32.1. The van der Waals surface area contributed by atoms with Crippen LogP contribution in [0.4, 0.5) is 4.39 Å². The third kappa shape index (κ3) is 2.44. The van der Waals surface area contributed by atoms with Crippen LogP contribution in [0.5, 0.6) is 5.75 Å². The molecule has 2 aromatic rings. The molecule has 1 aliphatic rings. The van der Waals surface area contributed by atoms with Crippen molar-refractivity contribution in [3.05, 3.63) is 57.5 Å². The molecule has 3 rings (SSSR count). The monoisotopic (exact) mass is 274 g/mol. The van der Waals surface area contributed by atoms with Crippen LogP contribution in [0.1, 0.15) is 21.7 Å². The van der Waals surface area contributed by atoms with Gasteiger partial charge in [-0.15, -0.1) is 11.3 Å². The lowest BCUT2D eigenvalue weighted by molar-refractivity contribution is 0.103. The molecule has 0 bridgehead atoms. The number of hydrogen-bond acceptors (Lipinski definition) is 3. The van der Waals surface area contributed by atoms with E-state index in [0.717, 1.165) is 4.88 Å². The van der Waals surface area contributed by atoms with Gasteiger partial charge in [-0.05, 0) is 35.7 Å². The molecule has 0 radical (unpaired) electrons. The molecule has 0 N–H and O–H groups in total. The second-order valence-electron chi connectivity index (χ2n) is 4.25. The first kappa shape index (κ1) is 12.1. The standard InChI is InChI=1S/C15H11FO2S/c16-11-3-4-14-13(9-11)15(17)10(5-6-18-14)8-12-2-1-7-19-12/h1-4,7-9H,5-6H2/b10-8+. The van der Waals surface area contributed by atoms with Gasteiger partial charge < -0.3 is 4.74 Å². The SMILES string of the molecule is O=C1/C(=C/c2cccs2)CCOc2ccc(F)cc21. The highest BCUT2D eigenvalue weighted by Crippen LogP contribution is 2.28. The normalized spacial score (nSPS) is 16.9. The molecule has 0 unspecified atom stereocenters. The maximum atomic E-state index is 13.3. The maximum Gasteiger partial charge on any atom is 0.193 e. The summed E-state index contributed by atoms with van der Waals surface area (Å²) in [6.45, 7) is 0.432. The van der Waals surface area contributed by atoms with E-state index in [1.54, 1.807) is 11.3 Å². The lowest BCUT2D eigenvalue weighted by atomic mass is 10.0. The number of ketones is 1. The Morgan fingerprint density at radius 1 is 1.32 bits per heavy atom. The quantitative estimate of drug-likeness (QED) is 0.736. The molecule has 2 nitrogen and oxygen atoms in total. The summed E-state index contributed by atoms with van der Waals surface area (Å²) >= 11 is 1.57. The number of halogens is 1. The zero-order valence-electron chi connectivity index (χ0n) is 10.1. The Labute approximate surface area is 114 Å². The molecule has 96 valence electrons. The van der Waals surface area contributed by atoms with Crippen molar-refractivity contribution in [1.82, 2.24) is 0 Å². The minimum atomic E-state index is -0.423. The lowest BCUT2D eigenvalue weighted by Gasteiger charge is -2.04. The van der Waals surface area contributed by atoms with Crippen molar-refractivity contribution in [1.29, 1.82) is 0 Å². The smallest absolute Gasteiger partial charge is 0.193 e. The molecular weight excluding hydrogens is 263 g/mol. The summed E-state index contributed by atoms with van der Waals surface area (Å²) in [5.74, 6) is -0.116. The zero-order chi connectivity index (χ0) is 13.2. The van der Waals surface area contributed by atoms with E-state index >= 15 is 0 Å². The molecule has 1 aromatic heterocycles. The predicted molar refractivity (Wildman–Crippen MR) is 73.1 cm³/mol. The highest BCUT2D eigenvalue weighted by Gasteiger charge is 2.21. The number of fused-ring (bicyclic) bond motifs is 1. The predicted octanol–water partition coefficient (Wildman–Crippen LogP) is 3.94. The summed E-state index contributed by atoms with van der Waals surface area (Å²) in [6, 6.07) is 7.94. The van der Waals surface area contributed by atoms with E-state index in [-0.39, 0.29) is 5.78 Å². The van der Waals surface area contributed by atoms with Gasteiger partial charge in [0.25, 0.3) is 0 Å². The minimum absolute atomic E-state index is 0.152. The number of carbonyl (C=O) groups excluding carboxylic acids is 1. The fourth-order valence-corrected chi connectivity index (χ4v) is 2.73. The first-order valence-electron chi connectivity index (χ1n) is 5.95. The molecule has 1 aromatic carbocycles. The summed E-state index contributed by atoms with van der Waals surface area (Å²) in [7, 11) is 0. The molecule has 0 fully saturated rings. The van der Waals surface area contributed by atoms with E-state index < -0.39 is 5.82 Å². The van der Waals surface area contributed by atoms with Crippen LogP contribution in [-0.4, -0.2) is 12.4 Å². The van der Waals surface area contributed by atoms with Crippen LogP contribution in [0.2, 0.25) is 0 Å². The Bertz CT molecular complexity index is 644. The molecule has 4 heteroatoms. The Hall–Kier alpha value is -1.94. The van der Waals surface area contributed by atoms with E-state index in [0.29, 0.717) is 29.9 Å². The average molecular weight is 274 g/mol. The molecule has 0 saturated carbocycles. The summed E-state index contributed by atoms with van der Waals surface area (Å²) in [6.07, 6.45) is 2.39. The molecule has 2 heterocycles. The molecule has 0 atom stereocenters. The van der Waals surface area contributed by atoms with E-state index in [1.165, 1.54) is 18.2 Å². The third-order valence-corrected chi connectivity index (χ3v) is 3.79. The fourth-order valence-electron chi connectivity index (χ4n) is 2.05. The van der Waals surface area contributed by atoms with Crippen LogP contribution in [0.15, 0.2) is 41.3 Å². The van der Waals surface area contributed by atoms with Gasteiger partial charge in [0.1, 0.15) is 11.6 Å². The van der Waals surface area contributed by atoms with Gasteiger partial charge in [0.15, 0.2) is 5.78 Å². The number of ether oxygens (including phenoxy) is 1. The Morgan fingerprint density at radius 2 is 2.21 bits per heavy atom. The maximum absolute atomic E-state index is 13.3. The molecule has 1 aliphatic heterocycles. The van der Waals surface area contributed by atoms with Gasteiger partial charge in [-0.2, -0.15) is 0 Å². The second kappa shape index (κ2) is 4.97. The summed E-state index contributed by atoms with van der Waals surface area (Å²) in [4.78, 5) is 13.4. The number of benzene rings is 1. The number of hydrogen-bond donors (Lipinski definition) is 0. The molecular formula is C15H11FO2S. The fraction of sp³-hybridized carbons (Fsp3) is 0.133. The van der Waals surface area contributed by atoms with Crippen LogP contribution in [-0.2, 0) is 0 Å². The molecule has 0 saturated heterocycles. The van der Waals surface area contributed by atoms with Crippen molar-refractivity contribution >= 4 is 23.2 Å². The minimum Gasteiger partial charge on any atom is -0.492 e. The first-order chi connectivity index (χ1) is 9.24. The van der Waals surface area contributed by atoms with E-state index in [2.05, 4.69) is 0 Å². The van der Waals surface area contributed by atoms with Gasteiger partial charge in [0, 0.05) is 16.9 Å². The van der Waals surface area contributed by atoms with Crippen molar-refractivity contribution in [2.24, 2.45) is 0 Å². The topological polar surface area (TPSA) is 26.3 Å². The molecule has 0 amide bonds. The third-order valence-electron chi connectivity index (χ3n) is 2.97. The van der Waals surface area contributed by atoms with E-state index in [9.17, 15) is 9.18 Å². The van der Waals surface area contributed by atoms with E-state index in [1.807, 2.05) is 23.6 Å². The van der Waals surface area contributed by atoms with Crippen molar-refractivity contribution in [3.63, 3.8) is 0 Å². The van der Waals surface area contributed by atoms with Crippen molar-refractivity contribution < 1.29 is 13.9 Å². The zero-order valence-corrected chi connectivity index (χ0v) is 10.9. The number of rotatable bonds is 1. The highest BCUT2D eigenvalue weighted by molar-refractivity contribution is 7.10. The Kier molecular flexibility index (Phi) is 3.17. The molecule has 0 spiro atoms. The van der Waals surface area contributed by atoms with Gasteiger partial charge in [-0.1, -0.05) is 6.07 Å².